The third-order valence-corrected chi connectivity index (χ3v) is 5.23. The Balaban J connectivity index is 1.88. The Morgan fingerprint density at radius 3 is 1.31 bits per heavy atom. The number of nitro groups is 4. The van der Waals surface area contributed by atoms with Crippen molar-refractivity contribution in [2.24, 2.45) is 0 Å². The summed E-state index contributed by atoms with van der Waals surface area (Å²) in [5.41, 5.74) is -1.55. The molecular formula is C18H18N6O8. The van der Waals surface area contributed by atoms with E-state index < -0.39 is 42.4 Å². The highest BCUT2D eigenvalue weighted by molar-refractivity contribution is 5.68. The molecule has 0 amide bonds. The Kier molecular flexibility index (Phi) is 6.42. The number of nitro benzene ring substituents is 4. The maximum Gasteiger partial charge on any atom is 0.299 e. The number of nitrogens with one attached hydrogen (secondary N) is 2. The summed E-state index contributed by atoms with van der Waals surface area (Å²) in [5, 5.41) is 50.8. The summed E-state index contributed by atoms with van der Waals surface area (Å²) < 4.78 is 0. The second-order valence-corrected chi connectivity index (χ2v) is 7.22. The molecule has 14 nitrogen and oxygen atoms in total. The Labute approximate surface area is 179 Å². The Morgan fingerprint density at radius 2 is 1.00 bits per heavy atom. The van der Waals surface area contributed by atoms with Crippen LogP contribution in [0.1, 0.15) is 25.7 Å². The lowest BCUT2D eigenvalue weighted by Crippen LogP contribution is -2.42. The van der Waals surface area contributed by atoms with Gasteiger partial charge in [-0.05, 0) is 25.0 Å². The van der Waals surface area contributed by atoms with Crippen LogP contribution >= 0.6 is 0 Å². The minimum atomic E-state index is -0.727. The van der Waals surface area contributed by atoms with Gasteiger partial charge in [-0.2, -0.15) is 0 Å². The molecule has 2 aromatic carbocycles. The van der Waals surface area contributed by atoms with E-state index in [1.807, 2.05) is 0 Å². The van der Waals surface area contributed by atoms with E-state index in [1.165, 1.54) is 12.1 Å². The van der Waals surface area contributed by atoms with Gasteiger partial charge in [-0.3, -0.25) is 40.5 Å². The summed E-state index contributed by atoms with van der Waals surface area (Å²) in [4.78, 5) is 41.8. The molecule has 3 rings (SSSR count). The lowest BCUT2D eigenvalue weighted by Gasteiger charge is -2.33. The molecule has 0 spiro atoms. The molecule has 2 unspecified atom stereocenters. The van der Waals surface area contributed by atoms with E-state index >= 15 is 0 Å². The molecule has 0 radical (unpaired) electrons. The predicted molar refractivity (Wildman–Crippen MR) is 113 cm³/mol. The quantitative estimate of drug-likeness (QED) is 0.438. The van der Waals surface area contributed by atoms with Crippen LogP contribution in [-0.4, -0.2) is 31.8 Å². The average molecular weight is 446 g/mol. The zero-order valence-corrected chi connectivity index (χ0v) is 16.5. The molecule has 14 heteroatoms. The molecule has 1 aliphatic rings. The molecule has 32 heavy (non-hydrogen) atoms. The molecule has 1 fully saturated rings. The van der Waals surface area contributed by atoms with Crippen LogP contribution in [0.3, 0.4) is 0 Å². The van der Waals surface area contributed by atoms with Gasteiger partial charge in [0.1, 0.15) is 11.4 Å². The van der Waals surface area contributed by atoms with Gasteiger partial charge in [-0.25, -0.2) is 0 Å². The standard InChI is InChI=1S/C18H18N6O8/c25-21(26)11-5-7-15(17(9-11)23(29)30)19-13-3-1-2-4-14(13)20-16-8-6-12(22(27)28)10-18(16)24(31)32/h5-10,13-14,19-20H,1-4H2. The van der Waals surface area contributed by atoms with Gasteiger partial charge in [0, 0.05) is 24.2 Å². The van der Waals surface area contributed by atoms with Crippen molar-refractivity contribution < 1.29 is 19.7 Å². The van der Waals surface area contributed by atoms with E-state index in [-0.39, 0.29) is 23.5 Å². The lowest BCUT2D eigenvalue weighted by molar-refractivity contribution is -0.393. The second kappa shape index (κ2) is 9.20. The van der Waals surface area contributed by atoms with Crippen molar-refractivity contribution in [3.8, 4) is 0 Å². The van der Waals surface area contributed by atoms with Crippen LogP contribution in [0, 0.1) is 40.5 Å². The molecule has 0 aliphatic heterocycles. The van der Waals surface area contributed by atoms with Crippen molar-refractivity contribution in [3.05, 3.63) is 76.9 Å². The highest BCUT2D eigenvalue weighted by atomic mass is 16.6. The van der Waals surface area contributed by atoms with Gasteiger partial charge in [0.2, 0.25) is 0 Å². The highest BCUT2D eigenvalue weighted by Gasteiger charge is 2.30. The first-order valence-corrected chi connectivity index (χ1v) is 9.56. The topological polar surface area (TPSA) is 197 Å². The zero-order chi connectivity index (χ0) is 23.4. The number of benzene rings is 2. The number of hydrogen-bond donors (Lipinski definition) is 2. The van der Waals surface area contributed by atoms with Gasteiger partial charge in [-0.1, -0.05) is 12.8 Å². The number of non-ortho nitro benzene ring substituents is 2. The van der Waals surface area contributed by atoms with Gasteiger partial charge >= 0.3 is 0 Å². The predicted octanol–water partition coefficient (Wildman–Crippen LogP) is 4.15. The SMILES string of the molecule is O=[N+]([O-])c1ccc(NC2CCCCC2Nc2ccc([N+](=O)[O-])cc2[N+](=O)[O-])c([N+](=O)[O-])c1. The van der Waals surface area contributed by atoms with E-state index in [0.29, 0.717) is 12.8 Å². The van der Waals surface area contributed by atoms with E-state index in [9.17, 15) is 40.5 Å². The average Bonchev–Trinajstić information content (AvgIpc) is 2.75. The Morgan fingerprint density at radius 1 is 0.625 bits per heavy atom. The van der Waals surface area contributed by atoms with Crippen LogP contribution in [0.25, 0.3) is 0 Å². The highest BCUT2D eigenvalue weighted by Crippen LogP contribution is 2.35. The normalized spacial score (nSPS) is 17.9. The number of hydrogen-bond acceptors (Lipinski definition) is 10. The van der Waals surface area contributed by atoms with Gasteiger partial charge in [0.25, 0.3) is 22.7 Å². The summed E-state index contributed by atoms with van der Waals surface area (Å²) in [6.07, 6.45) is 2.79. The Bertz CT molecular complexity index is 1010. The fourth-order valence-corrected chi connectivity index (χ4v) is 3.69. The first kappa shape index (κ1) is 22.3. The van der Waals surface area contributed by atoms with Crippen molar-refractivity contribution >= 4 is 34.1 Å². The molecule has 0 aromatic heterocycles. The van der Waals surface area contributed by atoms with Crippen molar-refractivity contribution in [1.29, 1.82) is 0 Å². The first-order chi connectivity index (χ1) is 15.2. The molecule has 1 saturated carbocycles. The number of nitrogens with zero attached hydrogens (tertiary/aromatic N) is 4. The van der Waals surface area contributed by atoms with Crippen LogP contribution in [0.4, 0.5) is 34.1 Å². The van der Waals surface area contributed by atoms with Crippen LogP contribution in [0.15, 0.2) is 36.4 Å². The smallest absolute Gasteiger partial charge is 0.299 e. The van der Waals surface area contributed by atoms with E-state index in [1.54, 1.807) is 0 Å². The zero-order valence-electron chi connectivity index (χ0n) is 16.5. The van der Waals surface area contributed by atoms with Crippen LogP contribution in [-0.2, 0) is 0 Å². The summed E-state index contributed by atoms with van der Waals surface area (Å²) >= 11 is 0. The molecule has 2 atom stereocenters. The summed E-state index contributed by atoms with van der Waals surface area (Å²) in [6, 6.07) is 5.82. The number of anilines is 2. The Hall–Kier alpha value is -4.36. The third kappa shape index (κ3) is 4.85. The second-order valence-electron chi connectivity index (χ2n) is 7.22. The summed E-state index contributed by atoms with van der Waals surface area (Å²) in [7, 11) is 0. The minimum Gasteiger partial charge on any atom is -0.375 e. The fourth-order valence-electron chi connectivity index (χ4n) is 3.69. The van der Waals surface area contributed by atoms with Gasteiger partial charge < -0.3 is 10.6 Å². The first-order valence-electron chi connectivity index (χ1n) is 9.56. The fraction of sp³-hybridized carbons (Fsp3) is 0.333. The van der Waals surface area contributed by atoms with E-state index in [0.717, 1.165) is 37.1 Å². The molecule has 1 aliphatic carbocycles. The van der Waals surface area contributed by atoms with Gasteiger partial charge in [0.15, 0.2) is 0 Å². The molecular weight excluding hydrogens is 428 g/mol. The molecule has 2 aromatic rings. The van der Waals surface area contributed by atoms with Gasteiger partial charge in [-0.15, -0.1) is 0 Å². The van der Waals surface area contributed by atoms with Crippen molar-refractivity contribution in [2.45, 2.75) is 37.8 Å². The van der Waals surface area contributed by atoms with Crippen LogP contribution < -0.4 is 10.6 Å². The number of rotatable bonds is 8. The molecule has 168 valence electrons. The summed E-state index contributed by atoms with van der Waals surface area (Å²) in [6.45, 7) is 0. The molecule has 0 bridgehead atoms. The monoisotopic (exact) mass is 446 g/mol. The minimum absolute atomic E-state index is 0.0949. The summed E-state index contributed by atoms with van der Waals surface area (Å²) in [5.74, 6) is 0. The van der Waals surface area contributed by atoms with Crippen LogP contribution in [0.5, 0.6) is 0 Å². The lowest BCUT2D eigenvalue weighted by atomic mass is 9.89. The van der Waals surface area contributed by atoms with Crippen LogP contribution in [0.2, 0.25) is 0 Å². The van der Waals surface area contributed by atoms with Gasteiger partial charge in [0.05, 0.1) is 31.8 Å². The van der Waals surface area contributed by atoms with Crippen molar-refractivity contribution in [3.63, 3.8) is 0 Å². The van der Waals surface area contributed by atoms with Crippen molar-refractivity contribution in [2.75, 3.05) is 10.6 Å². The largest absolute Gasteiger partial charge is 0.375 e. The molecule has 0 saturated heterocycles. The van der Waals surface area contributed by atoms with E-state index in [4.69, 9.17) is 0 Å². The van der Waals surface area contributed by atoms with Crippen molar-refractivity contribution in [1.82, 2.24) is 0 Å². The third-order valence-electron chi connectivity index (χ3n) is 5.23. The maximum atomic E-state index is 11.4. The van der Waals surface area contributed by atoms with E-state index in [2.05, 4.69) is 10.6 Å². The molecule has 2 N–H and O–H groups in total. The maximum absolute atomic E-state index is 11.4. The molecule has 0 heterocycles.